The predicted molar refractivity (Wildman–Crippen MR) is 119 cm³/mol. The van der Waals surface area contributed by atoms with Gasteiger partial charge >= 0.3 is 0 Å². The molecule has 0 bridgehead atoms. The fraction of sp³-hybridized carbons (Fsp3) is 0.115. The molecule has 4 aromatic rings. The van der Waals surface area contributed by atoms with Gasteiger partial charge in [-0.2, -0.15) is 0 Å². The molecule has 27 heavy (non-hydrogen) atoms. The van der Waals surface area contributed by atoms with E-state index in [1.807, 2.05) is 11.3 Å². The highest BCUT2D eigenvalue weighted by atomic mass is 32.1. The number of allylic oxidation sites excluding steroid dienone is 1. The highest BCUT2D eigenvalue weighted by molar-refractivity contribution is 7.19. The Hall–Kier alpha value is -2.86. The summed E-state index contributed by atoms with van der Waals surface area (Å²) < 4.78 is 1.35. The Kier molecular flexibility index (Phi) is 5.07. The largest absolute Gasteiger partial charge is 0.140 e. The zero-order chi connectivity index (χ0) is 18.6. The van der Waals surface area contributed by atoms with E-state index in [4.69, 9.17) is 0 Å². The minimum absolute atomic E-state index is 0.904. The Morgan fingerprint density at radius 1 is 0.889 bits per heavy atom. The van der Waals surface area contributed by atoms with Crippen molar-refractivity contribution in [3.8, 4) is 11.1 Å². The standard InChI is InChI=1S/C26H22S/c1-19-10-9-12-21(18-19)11-3-4-13-22-14-5-6-15-23(22)26-20(2)27-25-17-8-7-16-24(25)26/h3,5-10,12-18H,11H2,1-2H3. The first-order valence-electron chi connectivity index (χ1n) is 9.26. The van der Waals surface area contributed by atoms with Gasteiger partial charge < -0.3 is 0 Å². The minimum Gasteiger partial charge on any atom is -0.140 e. The molecular weight excluding hydrogens is 344 g/mol. The summed E-state index contributed by atoms with van der Waals surface area (Å²) in [5.74, 6) is 0. The number of thiophene rings is 1. The van der Waals surface area contributed by atoms with E-state index in [1.165, 1.54) is 42.8 Å². The molecule has 0 N–H and O–H groups in total. The third kappa shape index (κ3) is 3.80. The first-order valence-corrected chi connectivity index (χ1v) is 10.1. The normalized spacial score (nSPS) is 10.6. The molecule has 0 fully saturated rings. The van der Waals surface area contributed by atoms with Crippen LogP contribution in [0.1, 0.15) is 21.6 Å². The monoisotopic (exact) mass is 366 g/mol. The van der Waals surface area contributed by atoms with Gasteiger partial charge in [0.05, 0.1) is 0 Å². The highest BCUT2D eigenvalue weighted by Crippen LogP contribution is 2.39. The molecule has 0 spiro atoms. The lowest BCUT2D eigenvalue weighted by molar-refractivity contribution is 1.25. The van der Waals surface area contributed by atoms with Gasteiger partial charge in [-0.15, -0.1) is 17.1 Å². The topological polar surface area (TPSA) is 0 Å². The average molecular weight is 367 g/mol. The van der Waals surface area contributed by atoms with Crippen molar-refractivity contribution in [2.24, 2.45) is 0 Å². The zero-order valence-electron chi connectivity index (χ0n) is 15.7. The van der Waals surface area contributed by atoms with Crippen LogP contribution in [0.15, 0.2) is 84.6 Å². The van der Waals surface area contributed by atoms with Gasteiger partial charge in [0, 0.05) is 20.5 Å². The zero-order valence-corrected chi connectivity index (χ0v) is 16.5. The molecule has 3 aromatic carbocycles. The molecule has 0 saturated carbocycles. The number of rotatable bonds is 4. The molecule has 132 valence electrons. The maximum Gasteiger partial charge on any atom is 0.0352 e. The van der Waals surface area contributed by atoms with Gasteiger partial charge in [-0.25, -0.2) is 0 Å². The average Bonchev–Trinajstić information content (AvgIpc) is 3.01. The molecule has 0 aliphatic carbocycles. The van der Waals surface area contributed by atoms with E-state index in [9.17, 15) is 0 Å². The van der Waals surface area contributed by atoms with Crippen LogP contribution >= 0.6 is 11.3 Å². The second-order valence-corrected chi connectivity index (χ2v) is 8.08. The first-order chi connectivity index (χ1) is 13.2. The number of hydrogen-bond donors (Lipinski definition) is 0. The Balaban J connectivity index is 1.69. The molecule has 0 aliphatic rings. The fourth-order valence-electron chi connectivity index (χ4n) is 3.52. The van der Waals surface area contributed by atoms with Crippen molar-refractivity contribution in [1.29, 1.82) is 0 Å². The maximum absolute atomic E-state index is 3.39. The van der Waals surface area contributed by atoms with Crippen molar-refractivity contribution in [3.05, 3.63) is 106 Å². The van der Waals surface area contributed by atoms with Crippen molar-refractivity contribution in [1.82, 2.24) is 0 Å². The highest BCUT2D eigenvalue weighted by Gasteiger charge is 2.12. The smallest absolute Gasteiger partial charge is 0.0352 e. The van der Waals surface area contributed by atoms with Gasteiger partial charge in [0.15, 0.2) is 0 Å². The summed E-state index contributed by atoms with van der Waals surface area (Å²) in [7, 11) is 0. The lowest BCUT2D eigenvalue weighted by atomic mass is 9.97. The molecule has 0 nitrogen and oxygen atoms in total. The molecular formula is C26H22S. The summed E-state index contributed by atoms with van der Waals surface area (Å²) in [6.07, 6.45) is 5.13. The molecule has 1 aromatic heterocycles. The van der Waals surface area contributed by atoms with Crippen LogP contribution in [-0.4, -0.2) is 0 Å². The molecule has 0 unspecified atom stereocenters. The van der Waals surface area contributed by atoms with Crippen LogP contribution in [0.25, 0.3) is 27.3 Å². The summed E-state index contributed by atoms with van der Waals surface area (Å²) >= 11 is 1.87. The minimum atomic E-state index is 0.904. The van der Waals surface area contributed by atoms with Gasteiger partial charge in [-0.3, -0.25) is 0 Å². The van der Waals surface area contributed by atoms with Crippen LogP contribution in [0, 0.1) is 13.8 Å². The van der Waals surface area contributed by atoms with Crippen LogP contribution in [0.2, 0.25) is 0 Å². The van der Waals surface area contributed by atoms with Gasteiger partial charge in [0.25, 0.3) is 0 Å². The first kappa shape index (κ1) is 17.5. The van der Waals surface area contributed by atoms with E-state index in [1.54, 1.807) is 0 Å². The molecule has 0 amide bonds. The van der Waals surface area contributed by atoms with Crippen molar-refractivity contribution in [2.75, 3.05) is 0 Å². The molecule has 4 rings (SSSR count). The van der Waals surface area contributed by atoms with Crippen LogP contribution in [0.5, 0.6) is 0 Å². The lowest BCUT2D eigenvalue weighted by Crippen LogP contribution is -1.83. The summed E-state index contributed by atoms with van der Waals surface area (Å²) in [6.45, 7) is 4.35. The van der Waals surface area contributed by atoms with E-state index in [2.05, 4.69) is 105 Å². The molecule has 0 radical (unpaired) electrons. The van der Waals surface area contributed by atoms with Gasteiger partial charge in [-0.1, -0.05) is 72.3 Å². The molecule has 0 atom stereocenters. The fourth-order valence-corrected chi connectivity index (χ4v) is 4.60. The quantitative estimate of drug-likeness (QED) is 0.326. The number of hydrogen-bond acceptors (Lipinski definition) is 1. The third-order valence-electron chi connectivity index (χ3n) is 4.78. The molecule has 1 heteroatoms. The molecule has 0 aliphatic heterocycles. The van der Waals surface area contributed by atoms with E-state index in [0.29, 0.717) is 0 Å². The van der Waals surface area contributed by atoms with Crippen molar-refractivity contribution >= 4 is 27.5 Å². The summed E-state index contributed by atoms with van der Waals surface area (Å²) in [5.41, 5.74) is 9.86. The molecule has 0 saturated heterocycles. The van der Waals surface area contributed by atoms with Crippen LogP contribution in [0.3, 0.4) is 0 Å². The van der Waals surface area contributed by atoms with E-state index in [-0.39, 0.29) is 0 Å². The number of aryl methyl sites for hydroxylation is 2. The second kappa shape index (κ2) is 7.80. The van der Waals surface area contributed by atoms with Crippen LogP contribution < -0.4 is 0 Å². The second-order valence-electron chi connectivity index (χ2n) is 6.82. The van der Waals surface area contributed by atoms with E-state index < -0.39 is 0 Å². The van der Waals surface area contributed by atoms with Gasteiger partial charge in [0.2, 0.25) is 0 Å². The van der Waals surface area contributed by atoms with Crippen molar-refractivity contribution < 1.29 is 0 Å². The van der Waals surface area contributed by atoms with Crippen molar-refractivity contribution in [3.63, 3.8) is 0 Å². The summed E-state index contributed by atoms with van der Waals surface area (Å²) in [4.78, 5) is 1.36. The molecule has 1 heterocycles. The van der Waals surface area contributed by atoms with Gasteiger partial charge in [0.1, 0.15) is 0 Å². The predicted octanol–water partition coefficient (Wildman–Crippen LogP) is 7.60. The third-order valence-corrected chi connectivity index (χ3v) is 5.86. The van der Waals surface area contributed by atoms with Crippen molar-refractivity contribution in [2.45, 2.75) is 20.3 Å². The van der Waals surface area contributed by atoms with E-state index in [0.717, 1.165) is 6.42 Å². The van der Waals surface area contributed by atoms with Gasteiger partial charge in [-0.05, 0) is 55.2 Å². The Morgan fingerprint density at radius 3 is 2.59 bits per heavy atom. The summed E-state index contributed by atoms with van der Waals surface area (Å²) in [5, 5.41) is 1.34. The van der Waals surface area contributed by atoms with Crippen LogP contribution in [-0.2, 0) is 6.42 Å². The maximum atomic E-state index is 3.39. The lowest BCUT2D eigenvalue weighted by Gasteiger charge is -2.06. The Labute approximate surface area is 165 Å². The number of fused-ring (bicyclic) bond motifs is 1. The SMILES string of the molecule is Cc1cccc(CC=C=Cc2ccccc2-c2c(C)sc3ccccc23)c1. The Bertz CT molecular complexity index is 1150. The van der Waals surface area contributed by atoms with E-state index >= 15 is 0 Å². The summed E-state index contributed by atoms with van der Waals surface area (Å²) in [6, 6.07) is 25.9. The van der Waals surface area contributed by atoms with Crippen LogP contribution in [0.4, 0.5) is 0 Å². The Morgan fingerprint density at radius 2 is 1.70 bits per heavy atom. The number of benzene rings is 3.